The van der Waals surface area contributed by atoms with Crippen LogP contribution in [0.3, 0.4) is 0 Å². The third kappa shape index (κ3) is 5.65. The lowest BCUT2D eigenvalue weighted by Crippen LogP contribution is -2.25. The van der Waals surface area contributed by atoms with Gasteiger partial charge in [0.05, 0.1) is 0 Å². The summed E-state index contributed by atoms with van der Waals surface area (Å²) >= 11 is 5.74. The van der Waals surface area contributed by atoms with Crippen LogP contribution < -0.4 is 0 Å². The number of halogens is 1. The maximum atomic E-state index is 3.63. The van der Waals surface area contributed by atoms with Gasteiger partial charge >= 0.3 is 0 Å². The molecule has 0 radical (unpaired) electrons. The highest BCUT2D eigenvalue weighted by molar-refractivity contribution is 9.09. The molecule has 2 unspecified atom stereocenters. The van der Waals surface area contributed by atoms with E-state index in [-0.39, 0.29) is 0 Å². The Morgan fingerprint density at radius 3 is 1.93 bits per heavy atom. The largest absolute Gasteiger partial charge is 0.158 e. The van der Waals surface area contributed by atoms with E-state index in [2.05, 4.69) is 69.2 Å². The van der Waals surface area contributed by atoms with E-state index in [1.807, 2.05) is 0 Å². The van der Waals surface area contributed by atoms with Crippen molar-refractivity contribution in [3.8, 4) is 0 Å². The minimum Gasteiger partial charge on any atom is -0.158 e. The van der Waals surface area contributed by atoms with Gasteiger partial charge in [-0.2, -0.15) is 11.8 Å². The SMILES string of the molecule is CC(C)C(C)SCC(CBr)C(C)(C)C. The molecular weight excluding hydrogens is 256 g/mol. The molecule has 0 saturated carbocycles. The van der Waals surface area contributed by atoms with E-state index in [4.69, 9.17) is 0 Å². The standard InChI is InChI=1S/C12H25BrS/c1-9(2)10(3)14-8-11(7-13)12(4,5)6/h9-11H,7-8H2,1-6H3. The lowest BCUT2D eigenvalue weighted by atomic mass is 9.83. The van der Waals surface area contributed by atoms with Gasteiger partial charge in [-0.15, -0.1) is 0 Å². The number of hydrogen-bond donors (Lipinski definition) is 0. The molecular formula is C12H25BrS. The molecule has 0 aromatic rings. The Bertz CT molecular complexity index is 149. The van der Waals surface area contributed by atoms with Crippen LogP contribution >= 0.6 is 27.7 Å². The van der Waals surface area contributed by atoms with E-state index in [0.717, 1.165) is 22.4 Å². The summed E-state index contributed by atoms with van der Waals surface area (Å²) < 4.78 is 0. The van der Waals surface area contributed by atoms with E-state index < -0.39 is 0 Å². The Morgan fingerprint density at radius 2 is 1.64 bits per heavy atom. The van der Waals surface area contributed by atoms with Crippen molar-refractivity contribution in [1.82, 2.24) is 0 Å². The van der Waals surface area contributed by atoms with E-state index in [9.17, 15) is 0 Å². The molecule has 0 amide bonds. The molecule has 0 spiro atoms. The quantitative estimate of drug-likeness (QED) is 0.651. The zero-order valence-electron chi connectivity index (χ0n) is 10.4. The van der Waals surface area contributed by atoms with Crippen LogP contribution in [-0.4, -0.2) is 16.3 Å². The van der Waals surface area contributed by atoms with Crippen molar-refractivity contribution in [2.75, 3.05) is 11.1 Å². The van der Waals surface area contributed by atoms with Crippen LogP contribution in [0, 0.1) is 17.3 Å². The van der Waals surface area contributed by atoms with Crippen molar-refractivity contribution >= 4 is 27.7 Å². The minimum atomic E-state index is 0.424. The Hall–Kier alpha value is 0.830. The molecule has 86 valence electrons. The summed E-state index contributed by atoms with van der Waals surface area (Å²) in [6, 6.07) is 0. The second-order valence-corrected chi connectivity index (χ2v) is 7.56. The van der Waals surface area contributed by atoms with Gasteiger partial charge in [0.15, 0.2) is 0 Å². The monoisotopic (exact) mass is 280 g/mol. The Kier molecular flexibility index (Phi) is 6.80. The molecule has 0 aliphatic heterocycles. The van der Waals surface area contributed by atoms with Gasteiger partial charge in [-0.05, 0) is 23.0 Å². The van der Waals surface area contributed by atoms with Gasteiger partial charge in [-0.3, -0.25) is 0 Å². The zero-order chi connectivity index (χ0) is 11.4. The summed E-state index contributed by atoms with van der Waals surface area (Å²) in [6.07, 6.45) is 0. The van der Waals surface area contributed by atoms with Gasteiger partial charge in [-0.1, -0.05) is 57.5 Å². The molecule has 0 aromatic carbocycles. The summed E-state index contributed by atoms with van der Waals surface area (Å²) in [4.78, 5) is 0. The average Bonchev–Trinajstić information content (AvgIpc) is 2.02. The van der Waals surface area contributed by atoms with E-state index in [1.165, 1.54) is 5.75 Å². The molecule has 0 saturated heterocycles. The number of alkyl halides is 1. The smallest absolute Gasteiger partial charge is 0.00725 e. The summed E-state index contributed by atoms with van der Waals surface area (Å²) in [6.45, 7) is 13.9. The maximum Gasteiger partial charge on any atom is 0.00725 e. The highest BCUT2D eigenvalue weighted by Gasteiger charge is 2.24. The predicted octanol–water partition coefficient (Wildman–Crippen LogP) is 4.82. The first-order valence-corrected chi connectivity index (χ1v) is 7.63. The molecule has 0 aliphatic rings. The Balaban J connectivity index is 3.97. The molecule has 0 heterocycles. The van der Waals surface area contributed by atoms with Gasteiger partial charge in [0.2, 0.25) is 0 Å². The number of rotatable bonds is 5. The molecule has 14 heavy (non-hydrogen) atoms. The lowest BCUT2D eigenvalue weighted by molar-refractivity contribution is 0.295. The topological polar surface area (TPSA) is 0 Å². The van der Waals surface area contributed by atoms with Gasteiger partial charge in [0.25, 0.3) is 0 Å². The van der Waals surface area contributed by atoms with Crippen LogP contribution in [0.25, 0.3) is 0 Å². The van der Waals surface area contributed by atoms with Crippen LogP contribution in [0.4, 0.5) is 0 Å². The molecule has 0 nitrogen and oxygen atoms in total. The normalized spacial score (nSPS) is 17.1. The van der Waals surface area contributed by atoms with Crippen molar-refractivity contribution in [3.05, 3.63) is 0 Å². The van der Waals surface area contributed by atoms with Crippen molar-refractivity contribution in [3.63, 3.8) is 0 Å². The van der Waals surface area contributed by atoms with Crippen LogP contribution in [0.1, 0.15) is 41.5 Å². The molecule has 0 N–H and O–H groups in total. The van der Waals surface area contributed by atoms with Crippen LogP contribution in [-0.2, 0) is 0 Å². The van der Waals surface area contributed by atoms with E-state index in [1.54, 1.807) is 0 Å². The predicted molar refractivity (Wildman–Crippen MR) is 73.5 cm³/mol. The lowest BCUT2D eigenvalue weighted by Gasteiger charge is -2.30. The first-order chi connectivity index (χ1) is 6.29. The van der Waals surface area contributed by atoms with Crippen LogP contribution in [0.5, 0.6) is 0 Å². The summed E-state index contributed by atoms with van der Waals surface area (Å²) in [5.41, 5.74) is 0.424. The first-order valence-electron chi connectivity index (χ1n) is 5.46. The summed E-state index contributed by atoms with van der Waals surface area (Å²) in [7, 11) is 0. The van der Waals surface area contributed by atoms with Crippen molar-refractivity contribution in [1.29, 1.82) is 0 Å². The number of thioether (sulfide) groups is 1. The second-order valence-electron chi connectivity index (χ2n) is 5.50. The zero-order valence-corrected chi connectivity index (χ0v) is 12.8. The van der Waals surface area contributed by atoms with Gasteiger partial charge in [-0.25, -0.2) is 0 Å². The highest BCUT2D eigenvalue weighted by Crippen LogP contribution is 2.32. The van der Waals surface area contributed by atoms with Gasteiger partial charge < -0.3 is 0 Å². The molecule has 2 heteroatoms. The Morgan fingerprint density at radius 1 is 1.14 bits per heavy atom. The fraction of sp³-hybridized carbons (Fsp3) is 1.00. The summed E-state index contributed by atoms with van der Waals surface area (Å²) in [5, 5.41) is 1.90. The fourth-order valence-corrected chi connectivity index (χ4v) is 4.03. The number of hydrogen-bond acceptors (Lipinski definition) is 1. The Labute approximate surface area is 103 Å². The van der Waals surface area contributed by atoms with Crippen molar-refractivity contribution < 1.29 is 0 Å². The van der Waals surface area contributed by atoms with Crippen LogP contribution in [0.2, 0.25) is 0 Å². The third-order valence-electron chi connectivity index (χ3n) is 2.91. The second kappa shape index (κ2) is 6.42. The maximum absolute atomic E-state index is 3.63. The molecule has 0 bridgehead atoms. The summed E-state index contributed by atoms with van der Waals surface area (Å²) in [5.74, 6) is 2.83. The molecule has 2 atom stereocenters. The molecule has 0 aromatic heterocycles. The molecule has 0 fully saturated rings. The molecule has 0 rings (SSSR count). The molecule has 0 aliphatic carbocycles. The van der Waals surface area contributed by atoms with Gasteiger partial charge in [0.1, 0.15) is 0 Å². The van der Waals surface area contributed by atoms with Gasteiger partial charge in [0, 0.05) is 10.6 Å². The van der Waals surface area contributed by atoms with Crippen molar-refractivity contribution in [2.24, 2.45) is 17.3 Å². The van der Waals surface area contributed by atoms with Crippen LogP contribution in [0.15, 0.2) is 0 Å². The third-order valence-corrected chi connectivity index (χ3v) is 5.36. The highest BCUT2D eigenvalue weighted by atomic mass is 79.9. The van der Waals surface area contributed by atoms with E-state index in [0.29, 0.717) is 5.41 Å². The van der Waals surface area contributed by atoms with E-state index >= 15 is 0 Å². The fourth-order valence-electron chi connectivity index (χ4n) is 0.986. The minimum absolute atomic E-state index is 0.424. The average molecular weight is 281 g/mol. The van der Waals surface area contributed by atoms with Crippen molar-refractivity contribution in [2.45, 2.75) is 46.8 Å². The first kappa shape index (κ1) is 14.8.